The van der Waals surface area contributed by atoms with Gasteiger partial charge in [0.05, 0.1) is 27.7 Å². The second kappa shape index (κ2) is 67.1. The van der Waals surface area contributed by atoms with E-state index >= 15 is 0 Å². The van der Waals surface area contributed by atoms with Gasteiger partial charge in [-0.15, -0.1) is 0 Å². The number of carbonyl (C=O) groups excluding carboxylic acids is 2. The summed E-state index contributed by atoms with van der Waals surface area (Å²) in [7, 11) is 1.49. The van der Waals surface area contributed by atoms with Crippen LogP contribution in [0.2, 0.25) is 0 Å². The van der Waals surface area contributed by atoms with Crippen molar-refractivity contribution in [3.05, 3.63) is 60.8 Å². The fourth-order valence-electron chi connectivity index (χ4n) is 10.8. The number of phosphoric ester groups is 1. The molecule has 9 nitrogen and oxygen atoms in total. The van der Waals surface area contributed by atoms with Gasteiger partial charge in [-0.3, -0.25) is 18.6 Å². The molecule has 0 spiro atoms. The molecule has 0 aliphatic rings. The van der Waals surface area contributed by atoms with E-state index in [1.54, 1.807) is 0 Å². The quantitative estimate of drug-likeness (QED) is 0.0211. The van der Waals surface area contributed by atoms with E-state index in [0.29, 0.717) is 23.9 Å². The third kappa shape index (κ3) is 70.8. The normalized spacial score (nSPS) is 13.4. The number of likely N-dealkylation sites (N-methyl/N-ethyl adjacent to an activating group) is 1. The SMILES string of the molecule is CCCCCCC/C=C\C/C=C\C/C=C\CCCCCCCCCCCCCCC(=O)OC(COC(=O)CCCCCCCCCCCCCCCCCCCCCCCCC/C=C\C/C=C\CCCCCCC)COP(=O)(O)OCC[N+](C)(C)C. The lowest BCUT2D eigenvalue weighted by Crippen LogP contribution is -2.37. The number of allylic oxidation sites excluding steroid dienone is 10. The number of ether oxygens (including phenoxy) is 2. The van der Waals surface area contributed by atoms with Gasteiger partial charge in [-0.2, -0.15) is 0 Å². The second-order valence-electron chi connectivity index (χ2n) is 26.3. The molecule has 0 bridgehead atoms. The zero-order valence-electron chi connectivity index (χ0n) is 57.6. The molecule has 0 rings (SSSR count). The van der Waals surface area contributed by atoms with Gasteiger partial charge in [0.25, 0.3) is 0 Å². The van der Waals surface area contributed by atoms with Gasteiger partial charge in [0.15, 0.2) is 6.10 Å². The molecule has 1 N–H and O–H groups in total. The van der Waals surface area contributed by atoms with E-state index in [2.05, 4.69) is 74.6 Å². The number of nitrogens with zero attached hydrogens (tertiary/aromatic N) is 1. The summed E-state index contributed by atoms with van der Waals surface area (Å²) in [6, 6.07) is 0. The fraction of sp³-hybridized carbons (Fsp3) is 0.842. The molecule has 0 saturated carbocycles. The Labute approximate surface area is 534 Å². The molecule has 0 aromatic heterocycles. The van der Waals surface area contributed by atoms with Gasteiger partial charge in [-0.1, -0.05) is 325 Å². The highest BCUT2D eigenvalue weighted by Crippen LogP contribution is 2.43. The molecule has 0 radical (unpaired) electrons. The van der Waals surface area contributed by atoms with E-state index in [1.807, 2.05) is 21.1 Å². The van der Waals surface area contributed by atoms with Gasteiger partial charge in [0, 0.05) is 12.8 Å². The summed E-state index contributed by atoms with van der Waals surface area (Å²) >= 11 is 0. The minimum absolute atomic E-state index is 0.0320. The molecule has 0 aromatic carbocycles. The van der Waals surface area contributed by atoms with E-state index in [9.17, 15) is 19.0 Å². The molecule has 0 aliphatic heterocycles. The average Bonchev–Trinajstić information content (AvgIpc) is 3.53. The monoisotopic (exact) mass is 1230 g/mol. The maximum absolute atomic E-state index is 12.9. The zero-order valence-corrected chi connectivity index (χ0v) is 58.5. The zero-order chi connectivity index (χ0) is 62.6. The van der Waals surface area contributed by atoms with E-state index in [0.717, 1.165) is 57.8 Å². The Morgan fingerprint density at radius 2 is 0.628 bits per heavy atom. The summed E-state index contributed by atoms with van der Waals surface area (Å²) in [5.74, 6) is -0.783. The van der Waals surface area contributed by atoms with Crippen molar-refractivity contribution in [2.75, 3.05) is 47.5 Å². The van der Waals surface area contributed by atoms with Crippen LogP contribution in [0.4, 0.5) is 0 Å². The van der Waals surface area contributed by atoms with Gasteiger partial charge in [-0.25, -0.2) is 4.57 Å². The Morgan fingerprint density at radius 1 is 0.360 bits per heavy atom. The molecule has 10 heteroatoms. The van der Waals surface area contributed by atoms with Crippen molar-refractivity contribution >= 4 is 19.8 Å². The summed E-state index contributed by atoms with van der Waals surface area (Å²) in [4.78, 5) is 35.9. The predicted molar refractivity (Wildman–Crippen MR) is 372 cm³/mol. The Balaban J connectivity index is 3.97. The van der Waals surface area contributed by atoms with Crippen molar-refractivity contribution in [1.82, 2.24) is 0 Å². The van der Waals surface area contributed by atoms with Crippen LogP contribution in [0.1, 0.15) is 361 Å². The Morgan fingerprint density at radius 3 is 0.930 bits per heavy atom. The number of rotatable bonds is 69. The number of phosphoric acid groups is 1. The van der Waals surface area contributed by atoms with Crippen molar-refractivity contribution in [1.29, 1.82) is 0 Å². The molecule has 0 aliphatic carbocycles. The van der Waals surface area contributed by atoms with Crippen molar-refractivity contribution in [2.24, 2.45) is 0 Å². The number of unbranched alkanes of at least 4 members (excludes halogenated alkanes) is 45. The number of carbonyl (C=O) groups is 2. The van der Waals surface area contributed by atoms with Crippen molar-refractivity contribution in [3.63, 3.8) is 0 Å². The first-order valence-electron chi connectivity index (χ1n) is 37.0. The molecule has 0 aromatic rings. The van der Waals surface area contributed by atoms with Crippen LogP contribution in [0.15, 0.2) is 60.8 Å². The van der Waals surface area contributed by atoms with Crippen molar-refractivity contribution < 1.29 is 42.1 Å². The van der Waals surface area contributed by atoms with E-state index in [1.165, 1.54) is 270 Å². The summed E-state index contributed by atoms with van der Waals surface area (Å²) < 4.78 is 34.8. The molecule has 2 unspecified atom stereocenters. The molecule has 2 atom stereocenters. The van der Waals surface area contributed by atoms with Crippen LogP contribution >= 0.6 is 7.82 Å². The summed E-state index contributed by atoms with van der Waals surface area (Å²) in [5, 5.41) is 0. The number of hydrogen-bond acceptors (Lipinski definition) is 7. The average molecular weight is 1230 g/mol. The molecule has 0 saturated heterocycles. The highest BCUT2D eigenvalue weighted by atomic mass is 31.2. The highest BCUT2D eigenvalue weighted by Gasteiger charge is 2.27. The molecule has 0 fully saturated rings. The molecular formula is C76H143NO8P+. The van der Waals surface area contributed by atoms with Crippen LogP contribution < -0.4 is 0 Å². The number of quaternary nitrogens is 1. The topological polar surface area (TPSA) is 108 Å². The Bertz CT molecular complexity index is 1630. The molecule has 504 valence electrons. The lowest BCUT2D eigenvalue weighted by atomic mass is 10.0. The van der Waals surface area contributed by atoms with Crippen LogP contribution in [0.5, 0.6) is 0 Å². The van der Waals surface area contributed by atoms with E-state index in [-0.39, 0.29) is 25.6 Å². The highest BCUT2D eigenvalue weighted by molar-refractivity contribution is 7.47. The third-order valence-corrected chi connectivity index (χ3v) is 17.5. The minimum atomic E-state index is -4.39. The van der Waals surface area contributed by atoms with Crippen molar-refractivity contribution in [3.8, 4) is 0 Å². The van der Waals surface area contributed by atoms with Crippen LogP contribution in [0.3, 0.4) is 0 Å². The largest absolute Gasteiger partial charge is 0.472 e. The van der Waals surface area contributed by atoms with Gasteiger partial charge in [0.2, 0.25) is 0 Å². The number of esters is 2. The first kappa shape index (κ1) is 83.7. The molecule has 0 heterocycles. The maximum atomic E-state index is 12.9. The van der Waals surface area contributed by atoms with Gasteiger partial charge in [-0.05, 0) is 83.5 Å². The van der Waals surface area contributed by atoms with Crippen molar-refractivity contribution in [2.45, 2.75) is 367 Å². The lowest BCUT2D eigenvalue weighted by Gasteiger charge is -2.24. The smallest absolute Gasteiger partial charge is 0.462 e. The van der Waals surface area contributed by atoms with Gasteiger partial charge in [0.1, 0.15) is 19.8 Å². The molecule has 86 heavy (non-hydrogen) atoms. The minimum Gasteiger partial charge on any atom is -0.462 e. The first-order valence-corrected chi connectivity index (χ1v) is 38.5. The van der Waals surface area contributed by atoms with E-state index < -0.39 is 26.5 Å². The van der Waals surface area contributed by atoms with Crippen LogP contribution in [-0.4, -0.2) is 74.9 Å². The number of hydrogen-bond donors (Lipinski definition) is 1. The Kier molecular flexibility index (Phi) is 65.3. The van der Waals surface area contributed by atoms with E-state index in [4.69, 9.17) is 18.5 Å². The fourth-order valence-corrected chi connectivity index (χ4v) is 11.6. The third-order valence-electron chi connectivity index (χ3n) is 16.5. The lowest BCUT2D eigenvalue weighted by molar-refractivity contribution is -0.870. The Hall–Kier alpha value is -2.29. The molecular weight excluding hydrogens is 1090 g/mol. The first-order chi connectivity index (χ1) is 42.0. The standard InChI is InChI=1S/C76H142NO8P/c1-6-8-10-12-14-16-18-20-22-24-26-28-30-32-34-35-36-37-38-39-40-41-43-44-46-48-50-52-54-56-58-60-62-64-66-68-75(78)82-72-74(73-84-86(80,81)83-71-70-77(3,4)5)85-76(79)69-67-65-63-61-59-57-55-53-51-49-47-45-42-33-31-29-27-25-23-21-19-17-15-13-11-9-7-2/h18-21,24-27,31,33,74H,6-17,22-23,28-30,32,34-73H2,1-5H3/p+1/b20-18-,21-19-,26-24-,27-25-,33-31-. The van der Waals surface area contributed by atoms with Crippen LogP contribution in [0.25, 0.3) is 0 Å². The summed E-state index contributed by atoms with van der Waals surface area (Å²) in [6.45, 7) is 4.46. The molecule has 0 amide bonds. The van der Waals surface area contributed by atoms with Gasteiger partial charge >= 0.3 is 19.8 Å². The summed E-state index contributed by atoms with van der Waals surface area (Å²) in [5.41, 5.74) is 0. The maximum Gasteiger partial charge on any atom is 0.472 e. The second-order valence-corrected chi connectivity index (χ2v) is 27.8. The van der Waals surface area contributed by atoms with Crippen LogP contribution in [0, 0.1) is 0 Å². The van der Waals surface area contributed by atoms with Crippen LogP contribution in [-0.2, 0) is 32.7 Å². The summed E-state index contributed by atoms with van der Waals surface area (Å²) in [6.07, 6.45) is 89.1. The predicted octanol–water partition coefficient (Wildman–Crippen LogP) is 24.2. The van der Waals surface area contributed by atoms with Gasteiger partial charge < -0.3 is 18.9 Å².